The van der Waals surface area contributed by atoms with E-state index >= 15 is 0 Å². The molecule has 1 aromatic heterocycles. The number of hydrogen-bond donors (Lipinski definition) is 0. The van der Waals surface area contributed by atoms with E-state index in [-0.39, 0.29) is 12.7 Å². The molecule has 0 N–H and O–H groups in total. The van der Waals surface area contributed by atoms with Crippen molar-refractivity contribution in [2.45, 2.75) is 13.0 Å². The van der Waals surface area contributed by atoms with E-state index < -0.39 is 0 Å². The Morgan fingerprint density at radius 1 is 1.15 bits per heavy atom. The predicted octanol–water partition coefficient (Wildman–Crippen LogP) is 3.03. The second-order valence-corrected chi connectivity index (χ2v) is 6.50. The minimum atomic E-state index is -0.0533. The van der Waals surface area contributed by atoms with Crippen LogP contribution < -0.4 is 9.47 Å². The lowest BCUT2D eigenvalue weighted by molar-refractivity contribution is 0.0734. The van der Waals surface area contributed by atoms with Gasteiger partial charge in [-0.2, -0.15) is 0 Å². The summed E-state index contributed by atoms with van der Waals surface area (Å²) in [7, 11) is 1.83. The molecule has 0 saturated heterocycles. The minimum Gasteiger partial charge on any atom is -0.454 e. The Kier molecular flexibility index (Phi) is 4.78. The van der Waals surface area contributed by atoms with Crippen LogP contribution in [0.3, 0.4) is 0 Å². The molecular weight excluding hydrogens is 342 g/mol. The monoisotopic (exact) mass is 363 g/mol. The van der Waals surface area contributed by atoms with Gasteiger partial charge in [0.1, 0.15) is 5.69 Å². The lowest BCUT2D eigenvalue weighted by Crippen LogP contribution is -2.33. The molecule has 3 aromatic rings. The summed E-state index contributed by atoms with van der Waals surface area (Å²) in [5.74, 6) is 1.39. The first-order valence-corrected chi connectivity index (χ1v) is 8.89. The van der Waals surface area contributed by atoms with Crippen molar-refractivity contribution in [1.82, 2.24) is 14.5 Å². The summed E-state index contributed by atoms with van der Waals surface area (Å²) in [6.45, 7) is 1.26. The fourth-order valence-corrected chi connectivity index (χ4v) is 3.21. The van der Waals surface area contributed by atoms with Crippen LogP contribution in [0.25, 0.3) is 0 Å². The number of fused-ring (bicyclic) bond motifs is 1. The fourth-order valence-electron chi connectivity index (χ4n) is 3.21. The van der Waals surface area contributed by atoms with Gasteiger partial charge in [0.2, 0.25) is 6.79 Å². The number of benzene rings is 2. The summed E-state index contributed by atoms with van der Waals surface area (Å²) in [5, 5.41) is 0. The Balaban J connectivity index is 1.59. The van der Waals surface area contributed by atoms with Gasteiger partial charge >= 0.3 is 0 Å². The maximum Gasteiger partial charge on any atom is 0.272 e. The molecule has 2 heterocycles. The molecule has 4 rings (SSSR count). The van der Waals surface area contributed by atoms with Crippen molar-refractivity contribution in [2.24, 2.45) is 7.05 Å². The Morgan fingerprint density at radius 3 is 2.78 bits per heavy atom. The summed E-state index contributed by atoms with van der Waals surface area (Å²) >= 11 is 0. The van der Waals surface area contributed by atoms with Gasteiger partial charge < -0.3 is 18.9 Å². The van der Waals surface area contributed by atoms with E-state index in [0.29, 0.717) is 18.8 Å². The normalized spacial score (nSPS) is 12.2. The molecule has 0 aliphatic carbocycles. The van der Waals surface area contributed by atoms with Gasteiger partial charge in [-0.1, -0.05) is 42.5 Å². The van der Waals surface area contributed by atoms with Crippen LogP contribution in [0.4, 0.5) is 0 Å². The van der Waals surface area contributed by atoms with Gasteiger partial charge in [0, 0.05) is 25.7 Å². The molecule has 138 valence electrons. The minimum absolute atomic E-state index is 0.0533. The van der Waals surface area contributed by atoms with Gasteiger partial charge in [0.05, 0.1) is 12.5 Å². The molecule has 0 saturated carbocycles. The number of aromatic nitrogens is 2. The first kappa shape index (κ1) is 17.1. The van der Waals surface area contributed by atoms with Gasteiger partial charge in [-0.25, -0.2) is 4.98 Å². The first-order valence-electron chi connectivity index (χ1n) is 8.89. The summed E-state index contributed by atoms with van der Waals surface area (Å²) in [6.07, 6.45) is 4.02. The number of para-hydroxylation sites is 1. The largest absolute Gasteiger partial charge is 0.454 e. The van der Waals surface area contributed by atoms with Crippen LogP contribution in [0.1, 0.15) is 21.6 Å². The number of imidazole rings is 1. The molecule has 1 aliphatic heterocycles. The van der Waals surface area contributed by atoms with Gasteiger partial charge in [-0.15, -0.1) is 0 Å². The molecule has 0 atom stereocenters. The summed E-state index contributed by atoms with van der Waals surface area (Å²) < 4.78 is 12.8. The van der Waals surface area contributed by atoms with E-state index in [1.807, 2.05) is 48.3 Å². The summed E-state index contributed by atoms with van der Waals surface area (Å²) in [6, 6.07) is 15.9. The van der Waals surface area contributed by atoms with E-state index in [1.165, 1.54) is 5.56 Å². The quantitative estimate of drug-likeness (QED) is 0.675. The van der Waals surface area contributed by atoms with Crippen LogP contribution in [0.15, 0.2) is 61.1 Å². The third kappa shape index (κ3) is 3.65. The molecule has 6 heteroatoms. The van der Waals surface area contributed by atoms with Crippen LogP contribution in [0.2, 0.25) is 0 Å². The van der Waals surface area contributed by atoms with Crippen molar-refractivity contribution >= 4 is 5.91 Å². The molecule has 2 aromatic carbocycles. The number of rotatable bonds is 6. The maximum atomic E-state index is 13.1. The lowest BCUT2D eigenvalue weighted by atomic mass is 10.1. The van der Waals surface area contributed by atoms with Crippen LogP contribution in [-0.2, 0) is 20.0 Å². The van der Waals surface area contributed by atoms with Crippen molar-refractivity contribution in [2.75, 3.05) is 13.3 Å². The van der Waals surface area contributed by atoms with Crippen molar-refractivity contribution < 1.29 is 14.3 Å². The van der Waals surface area contributed by atoms with Crippen LogP contribution in [-0.4, -0.2) is 33.7 Å². The molecule has 0 bridgehead atoms. The zero-order valence-electron chi connectivity index (χ0n) is 15.2. The number of ether oxygens (including phenoxy) is 2. The topological polar surface area (TPSA) is 56.6 Å². The van der Waals surface area contributed by atoms with E-state index in [0.717, 1.165) is 23.5 Å². The van der Waals surface area contributed by atoms with Gasteiger partial charge in [-0.3, -0.25) is 4.79 Å². The van der Waals surface area contributed by atoms with Crippen molar-refractivity contribution in [3.8, 4) is 11.5 Å². The Labute approximate surface area is 158 Å². The highest BCUT2D eigenvalue weighted by Crippen LogP contribution is 2.36. The average Bonchev–Trinajstić information content (AvgIpc) is 3.34. The number of amides is 1. The van der Waals surface area contributed by atoms with Gasteiger partial charge in [0.15, 0.2) is 11.5 Å². The van der Waals surface area contributed by atoms with Crippen molar-refractivity contribution in [3.05, 3.63) is 77.9 Å². The molecule has 0 spiro atoms. The third-order valence-electron chi connectivity index (χ3n) is 4.68. The second-order valence-electron chi connectivity index (χ2n) is 6.50. The highest BCUT2D eigenvalue weighted by atomic mass is 16.7. The van der Waals surface area contributed by atoms with E-state index in [9.17, 15) is 4.79 Å². The molecule has 27 heavy (non-hydrogen) atoms. The first-order chi connectivity index (χ1) is 13.2. The smallest absolute Gasteiger partial charge is 0.272 e. The molecule has 6 nitrogen and oxygen atoms in total. The highest BCUT2D eigenvalue weighted by Gasteiger charge is 2.23. The van der Waals surface area contributed by atoms with E-state index in [1.54, 1.807) is 17.1 Å². The standard InChI is InChI=1S/C21H21N3O3/c1-23-14-22-12-18(23)21(25)24(11-10-16-6-3-2-4-7-16)13-17-8-5-9-19-20(17)27-15-26-19/h2-9,12,14H,10-11,13,15H2,1H3. The van der Waals surface area contributed by atoms with Crippen LogP contribution >= 0.6 is 0 Å². The summed E-state index contributed by atoms with van der Waals surface area (Å²) in [5.41, 5.74) is 2.69. The van der Waals surface area contributed by atoms with Crippen LogP contribution in [0, 0.1) is 0 Å². The van der Waals surface area contributed by atoms with Crippen LogP contribution in [0.5, 0.6) is 11.5 Å². The van der Waals surface area contributed by atoms with Crippen molar-refractivity contribution in [3.63, 3.8) is 0 Å². The number of carbonyl (C=O) groups excluding carboxylic acids is 1. The predicted molar refractivity (Wildman–Crippen MR) is 101 cm³/mol. The SMILES string of the molecule is Cn1cncc1C(=O)N(CCc1ccccc1)Cc1cccc2c1OCO2. The maximum absolute atomic E-state index is 13.1. The molecule has 0 unspecified atom stereocenters. The molecular formula is C21H21N3O3. The lowest BCUT2D eigenvalue weighted by Gasteiger charge is -2.23. The number of carbonyl (C=O) groups is 1. The number of hydrogen-bond acceptors (Lipinski definition) is 4. The average molecular weight is 363 g/mol. The molecule has 0 fully saturated rings. The Bertz CT molecular complexity index is 937. The summed E-state index contributed by atoms with van der Waals surface area (Å²) in [4.78, 5) is 19.1. The fraction of sp³-hybridized carbons (Fsp3) is 0.238. The zero-order chi connectivity index (χ0) is 18.6. The number of aryl methyl sites for hydroxylation is 1. The van der Waals surface area contributed by atoms with Gasteiger partial charge in [0.25, 0.3) is 5.91 Å². The third-order valence-corrected chi connectivity index (χ3v) is 4.68. The highest BCUT2D eigenvalue weighted by molar-refractivity contribution is 5.92. The zero-order valence-corrected chi connectivity index (χ0v) is 15.2. The van der Waals surface area contributed by atoms with E-state index in [2.05, 4.69) is 17.1 Å². The Hall–Kier alpha value is -3.28. The molecule has 0 radical (unpaired) electrons. The molecule has 1 aliphatic rings. The van der Waals surface area contributed by atoms with Gasteiger partial charge in [-0.05, 0) is 18.1 Å². The second kappa shape index (κ2) is 7.53. The molecule has 1 amide bonds. The number of nitrogens with zero attached hydrogens (tertiary/aromatic N) is 3. The van der Waals surface area contributed by atoms with E-state index in [4.69, 9.17) is 9.47 Å². The Morgan fingerprint density at radius 2 is 2.00 bits per heavy atom. The van der Waals surface area contributed by atoms with Crippen molar-refractivity contribution in [1.29, 1.82) is 0 Å².